The molecule has 0 bridgehead atoms. The summed E-state index contributed by atoms with van der Waals surface area (Å²) in [5.74, 6) is 0.230. The molecule has 1 unspecified atom stereocenters. The normalized spacial score (nSPS) is 23.1. The lowest BCUT2D eigenvalue weighted by Gasteiger charge is -2.39. The van der Waals surface area contributed by atoms with Gasteiger partial charge in [-0.05, 0) is 44.2 Å². The summed E-state index contributed by atoms with van der Waals surface area (Å²) in [6, 6.07) is 6.62. The Morgan fingerprint density at radius 1 is 0.923 bits per heavy atom. The van der Waals surface area contributed by atoms with Gasteiger partial charge in [-0.3, -0.25) is 4.79 Å². The van der Waals surface area contributed by atoms with E-state index >= 15 is 0 Å². The first-order chi connectivity index (χ1) is 12.6. The van der Waals surface area contributed by atoms with E-state index < -0.39 is 0 Å². The summed E-state index contributed by atoms with van der Waals surface area (Å²) < 4.78 is 0. The van der Waals surface area contributed by atoms with Crippen molar-refractivity contribution < 1.29 is 9.59 Å². The Kier molecular flexibility index (Phi) is 5.11. The van der Waals surface area contributed by atoms with Crippen LogP contribution in [-0.4, -0.2) is 71.2 Å². The van der Waals surface area contributed by atoms with Crippen LogP contribution in [0.2, 0.25) is 0 Å². The van der Waals surface area contributed by atoms with Gasteiger partial charge in [0, 0.05) is 44.2 Å². The summed E-state index contributed by atoms with van der Waals surface area (Å²) in [4.78, 5) is 32.6. The molecule has 0 saturated carbocycles. The van der Waals surface area contributed by atoms with Crippen LogP contribution in [0.5, 0.6) is 0 Å². The van der Waals surface area contributed by atoms with E-state index in [0.29, 0.717) is 26.2 Å². The molecule has 3 aliphatic heterocycles. The lowest BCUT2D eigenvalue weighted by atomic mass is 10.1. The number of hydrogen-bond acceptors (Lipinski definition) is 3. The predicted octanol–water partition coefficient (Wildman–Crippen LogP) is 2.76. The summed E-state index contributed by atoms with van der Waals surface area (Å²) in [5, 5.41) is -0.00357. The van der Waals surface area contributed by atoms with Crippen molar-refractivity contribution in [2.45, 2.75) is 42.8 Å². The Morgan fingerprint density at radius 3 is 2.31 bits per heavy atom. The van der Waals surface area contributed by atoms with Crippen molar-refractivity contribution in [2.75, 3.05) is 39.3 Å². The van der Waals surface area contributed by atoms with Crippen LogP contribution in [0.1, 0.15) is 30.4 Å². The number of benzene rings is 1. The first-order valence-corrected chi connectivity index (χ1v) is 10.6. The van der Waals surface area contributed by atoms with Crippen LogP contribution < -0.4 is 0 Å². The van der Waals surface area contributed by atoms with Gasteiger partial charge in [0.2, 0.25) is 5.91 Å². The number of piperidine rings is 1. The largest absolute Gasteiger partial charge is 0.338 e. The molecule has 0 N–H and O–H groups in total. The lowest BCUT2D eigenvalue weighted by molar-refractivity contribution is -0.132. The van der Waals surface area contributed by atoms with Crippen LogP contribution in [0.4, 0.5) is 4.79 Å². The summed E-state index contributed by atoms with van der Waals surface area (Å²) in [6.07, 6.45) is 4.28. The summed E-state index contributed by atoms with van der Waals surface area (Å²) >= 11 is 1.70. The topological polar surface area (TPSA) is 43.9 Å². The lowest BCUT2D eigenvalue weighted by Crippen LogP contribution is -2.55. The number of rotatable bonds is 1. The molecule has 140 valence electrons. The van der Waals surface area contributed by atoms with Gasteiger partial charge in [0.1, 0.15) is 0 Å². The Morgan fingerprint density at radius 2 is 1.58 bits per heavy atom. The zero-order valence-corrected chi connectivity index (χ0v) is 16.3. The highest BCUT2D eigenvalue weighted by atomic mass is 32.2. The quantitative estimate of drug-likeness (QED) is 0.760. The molecular formula is C20H27N3O2S. The van der Waals surface area contributed by atoms with Gasteiger partial charge in [0.25, 0.3) is 0 Å². The monoisotopic (exact) mass is 373 g/mol. The second-order valence-electron chi connectivity index (χ2n) is 7.56. The summed E-state index contributed by atoms with van der Waals surface area (Å²) in [7, 11) is 0. The zero-order valence-electron chi connectivity index (χ0n) is 15.4. The van der Waals surface area contributed by atoms with Crippen molar-refractivity contribution in [2.24, 2.45) is 0 Å². The maximum atomic E-state index is 12.9. The van der Waals surface area contributed by atoms with E-state index in [2.05, 4.69) is 25.1 Å². The third-order valence-corrected chi connectivity index (χ3v) is 6.95. The molecular weight excluding hydrogens is 346 g/mol. The first-order valence-electron chi connectivity index (χ1n) is 9.70. The van der Waals surface area contributed by atoms with Gasteiger partial charge < -0.3 is 14.7 Å². The number of urea groups is 1. The molecule has 2 saturated heterocycles. The van der Waals surface area contributed by atoms with E-state index in [1.165, 1.54) is 22.4 Å². The second kappa shape index (κ2) is 7.51. The molecule has 2 fully saturated rings. The summed E-state index contributed by atoms with van der Waals surface area (Å²) in [6.45, 7) is 6.49. The maximum absolute atomic E-state index is 12.9. The number of aryl methyl sites for hydroxylation is 1. The third-order valence-electron chi connectivity index (χ3n) is 5.66. The van der Waals surface area contributed by atoms with E-state index in [9.17, 15) is 9.59 Å². The maximum Gasteiger partial charge on any atom is 0.320 e. The molecule has 1 atom stereocenters. The Bertz CT molecular complexity index is 694. The SMILES string of the molecule is Cc1ccc2c(c1)SC(C(=O)N1CCN(C(=O)N3CCCCC3)CC1)C2. The minimum absolute atomic E-state index is 0.00357. The number of thioether (sulfide) groups is 1. The van der Waals surface area contributed by atoms with Gasteiger partial charge in [0.15, 0.2) is 0 Å². The van der Waals surface area contributed by atoms with Crippen LogP contribution >= 0.6 is 11.8 Å². The molecule has 4 rings (SSSR count). The molecule has 26 heavy (non-hydrogen) atoms. The summed E-state index contributed by atoms with van der Waals surface area (Å²) in [5.41, 5.74) is 2.53. The van der Waals surface area contributed by atoms with Crippen LogP contribution in [0.25, 0.3) is 0 Å². The average molecular weight is 374 g/mol. The Hall–Kier alpha value is -1.69. The van der Waals surface area contributed by atoms with Crippen LogP contribution in [0, 0.1) is 6.92 Å². The van der Waals surface area contributed by atoms with Gasteiger partial charge in [-0.1, -0.05) is 17.7 Å². The predicted molar refractivity (Wildman–Crippen MR) is 104 cm³/mol. The van der Waals surface area contributed by atoms with Gasteiger partial charge >= 0.3 is 6.03 Å². The molecule has 1 aromatic carbocycles. The molecule has 3 amide bonds. The number of hydrogen-bond donors (Lipinski definition) is 0. The second-order valence-corrected chi connectivity index (χ2v) is 8.81. The molecule has 0 radical (unpaired) electrons. The van der Waals surface area contributed by atoms with Crippen molar-refractivity contribution in [3.63, 3.8) is 0 Å². The average Bonchev–Trinajstić information content (AvgIpc) is 3.11. The number of carbonyl (C=O) groups excluding carboxylic acids is 2. The van der Waals surface area contributed by atoms with Crippen molar-refractivity contribution in [1.82, 2.24) is 14.7 Å². The first kappa shape index (κ1) is 17.7. The highest BCUT2D eigenvalue weighted by Gasteiger charge is 2.34. The van der Waals surface area contributed by atoms with Crippen molar-refractivity contribution in [1.29, 1.82) is 0 Å². The fraction of sp³-hybridized carbons (Fsp3) is 0.600. The fourth-order valence-electron chi connectivity index (χ4n) is 4.08. The fourth-order valence-corrected chi connectivity index (χ4v) is 5.46. The van der Waals surface area contributed by atoms with Crippen molar-refractivity contribution >= 4 is 23.7 Å². The number of likely N-dealkylation sites (tertiary alicyclic amines) is 1. The van der Waals surface area contributed by atoms with E-state index in [1.807, 2.05) is 14.7 Å². The minimum Gasteiger partial charge on any atom is -0.338 e. The third kappa shape index (κ3) is 3.56. The highest BCUT2D eigenvalue weighted by molar-refractivity contribution is 8.01. The van der Waals surface area contributed by atoms with E-state index in [1.54, 1.807) is 11.8 Å². The van der Waals surface area contributed by atoms with Crippen LogP contribution in [0.3, 0.4) is 0 Å². The number of fused-ring (bicyclic) bond motifs is 1. The van der Waals surface area contributed by atoms with Crippen LogP contribution in [0.15, 0.2) is 23.1 Å². The standard InChI is InChI=1S/C20H27N3O2S/c1-15-5-6-16-14-18(26-17(16)13-15)19(24)21-9-11-23(12-10-21)20(25)22-7-3-2-4-8-22/h5-6,13,18H,2-4,7-12,14H2,1H3. The number of amides is 3. The number of piperazine rings is 1. The van der Waals surface area contributed by atoms with Crippen molar-refractivity contribution in [3.8, 4) is 0 Å². The van der Waals surface area contributed by atoms with Crippen LogP contribution in [-0.2, 0) is 11.2 Å². The number of nitrogens with zero attached hydrogens (tertiary/aromatic N) is 3. The Labute approximate surface area is 159 Å². The molecule has 0 aliphatic carbocycles. The smallest absolute Gasteiger partial charge is 0.320 e. The molecule has 0 aromatic heterocycles. The number of carbonyl (C=O) groups is 2. The zero-order chi connectivity index (χ0) is 18.1. The minimum atomic E-state index is -0.00357. The highest BCUT2D eigenvalue weighted by Crippen LogP contribution is 2.38. The molecule has 6 heteroatoms. The molecule has 0 spiro atoms. The molecule has 3 aliphatic rings. The van der Waals surface area contributed by atoms with E-state index in [-0.39, 0.29) is 17.2 Å². The molecule has 3 heterocycles. The van der Waals surface area contributed by atoms with E-state index in [0.717, 1.165) is 32.4 Å². The van der Waals surface area contributed by atoms with Gasteiger partial charge in [-0.2, -0.15) is 0 Å². The van der Waals surface area contributed by atoms with Gasteiger partial charge in [-0.15, -0.1) is 11.8 Å². The Balaban J connectivity index is 1.31. The van der Waals surface area contributed by atoms with Gasteiger partial charge in [-0.25, -0.2) is 4.79 Å². The molecule has 5 nitrogen and oxygen atoms in total. The van der Waals surface area contributed by atoms with Crippen molar-refractivity contribution in [3.05, 3.63) is 29.3 Å². The van der Waals surface area contributed by atoms with Gasteiger partial charge in [0.05, 0.1) is 5.25 Å². The molecule has 1 aromatic rings. The van der Waals surface area contributed by atoms with E-state index in [4.69, 9.17) is 0 Å².